The molecule has 1 unspecified atom stereocenters. The molecule has 0 aliphatic heterocycles. The van der Waals surface area contributed by atoms with Crippen molar-refractivity contribution in [3.05, 3.63) is 84.1 Å². The minimum absolute atomic E-state index is 0.110. The first-order chi connectivity index (χ1) is 14.0. The maximum atomic E-state index is 12.7. The van der Waals surface area contributed by atoms with Crippen molar-refractivity contribution in [1.29, 1.82) is 0 Å². The van der Waals surface area contributed by atoms with Crippen molar-refractivity contribution in [3.63, 3.8) is 0 Å². The molecule has 6 nitrogen and oxygen atoms in total. The Bertz CT molecular complexity index is 1030. The largest absolute Gasteiger partial charge is 0.459 e. The Morgan fingerprint density at radius 3 is 2.59 bits per heavy atom. The van der Waals surface area contributed by atoms with Crippen LogP contribution in [0.5, 0.6) is 0 Å². The Hall–Kier alpha value is -3.85. The van der Waals surface area contributed by atoms with Crippen LogP contribution in [0.15, 0.2) is 71.5 Å². The number of furan rings is 1. The highest BCUT2D eigenvalue weighted by Crippen LogP contribution is 2.13. The summed E-state index contributed by atoms with van der Waals surface area (Å²) in [6, 6.07) is 15.2. The van der Waals surface area contributed by atoms with Crippen molar-refractivity contribution in [2.75, 3.05) is 5.32 Å². The number of nitrogens with one attached hydrogen (secondary N) is 2. The summed E-state index contributed by atoms with van der Waals surface area (Å²) in [5.41, 5.74) is 2.01. The van der Waals surface area contributed by atoms with Gasteiger partial charge in [0, 0.05) is 17.4 Å². The smallest absolute Gasteiger partial charge is 0.287 e. The number of benzene rings is 1. The van der Waals surface area contributed by atoms with Crippen LogP contribution in [0.4, 0.5) is 5.69 Å². The summed E-state index contributed by atoms with van der Waals surface area (Å²) in [7, 11) is 0. The zero-order valence-electron chi connectivity index (χ0n) is 16.2. The molecule has 0 aliphatic rings. The van der Waals surface area contributed by atoms with Crippen molar-refractivity contribution in [2.45, 2.75) is 19.9 Å². The molecule has 0 saturated carbocycles. The van der Waals surface area contributed by atoms with E-state index in [1.807, 2.05) is 44.2 Å². The third-order valence-electron chi connectivity index (χ3n) is 4.11. The SMILES string of the molecule is CC(C)C(NC(=O)c1ccco1)C(=O)Nc1cccc(C#Cc2ccccn2)c1. The van der Waals surface area contributed by atoms with Crippen LogP contribution in [-0.4, -0.2) is 22.8 Å². The molecule has 2 heterocycles. The Kier molecular flexibility index (Phi) is 6.43. The summed E-state index contributed by atoms with van der Waals surface area (Å²) in [4.78, 5) is 29.2. The Morgan fingerprint density at radius 1 is 1.03 bits per heavy atom. The lowest BCUT2D eigenvalue weighted by atomic mass is 10.0. The number of pyridine rings is 1. The van der Waals surface area contributed by atoms with E-state index in [9.17, 15) is 9.59 Å². The quantitative estimate of drug-likeness (QED) is 0.657. The maximum Gasteiger partial charge on any atom is 0.287 e. The highest BCUT2D eigenvalue weighted by atomic mass is 16.3. The lowest BCUT2D eigenvalue weighted by molar-refractivity contribution is -0.118. The summed E-state index contributed by atoms with van der Waals surface area (Å²) in [6.07, 6.45) is 3.10. The van der Waals surface area contributed by atoms with Gasteiger partial charge in [-0.05, 0) is 54.3 Å². The van der Waals surface area contributed by atoms with E-state index in [0.29, 0.717) is 11.4 Å². The molecule has 0 fully saturated rings. The first kappa shape index (κ1) is 19.9. The normalized spacial score (nSPS) is 11.3. The lowest BCUT2D eigenvalue weighted by Gasteiger charge is -2.21. The minimum Gasteiger partial charge on any atom is -0.459 e. The van der Waals surface area contributed by atoms with Gasteiger partial charge in [0.25, 0.3) is 5.91 Å². The molecule has 0 radical (unpaired) electrons. The van der Waals surface area contributed by atoms with Crippen LogP contribution in [0.2, 0.25) is 0 Å². The van der Waals surface area contributed by atoms with Gasteiger partial charge < -0.3 is 15.1 Å². The van der Waals surface area contributed by atoms with Crippen molar-refractivity contribution < 1.29 is 14.0 Å². The molecule has 29 heavy (non-hydrogen) atoms. The van der Waals surface area contributed by atoms with Crippen LogP contribution in [0.3, 0.4) is 0 Å². The summed E-state index contributed by atoms with van der Waals surface area (Å²) in [6.45, 7) is 3.73. The van der Waals surface area contributed by atoms with Gasteiger partial charge in [0.05, 0.1) is 6.26 Å². The molecule has 1 aromatic carbocycles. The van der Waals surface area contributed by atoms with Gasteiger partial charge in [0.15, 0.2) is 5.76 Å². The zero-order valence-corrected chi connectivity index (χ0v) is 16.2. The number of aromatic nitrogens is 1. The van der Waals surface area contributed by atoms with E-state index in [-0.39, 0.29) is 17.6 Å². The second-order valence-electron chi connectivity index (χ2n) is 6.71. The molecule has 3 aromatic rings. The minimum atomic E-state index is -0.712. The van der Waals surface area contributed by atoms with Gasteiger partial charge >= 0.3 is 0 Å². The number of nitrogens with zero attached hydrogens (tertiary/aromatic N) is 1. The predicted octanol–water partition coefficient (Wildman–Crippen LogP) is 3.47. The molecule has 2 N–H and O–H groups in total. The summed E-state index contributed by atoms with van der Waals surface area (Å²) in [5, 5.41) is 5.56. The molecule has 2 aromatic heterocycles. The van der Waals surface area contributed by atoms with Crippen LogP contribution in [0.25, 0.3) is 0 Å². The molecule has 146 valence electrons. The second-order valence-corrected chi connectivity index (χ2v) is 6.71. The molecule has 0 saturated heterocycles. The average molecular weight is 387 g/mol. The van der Waals surface area contributed by atoms with Gasteiger partial charge in [-0.3, -0.25) is 9.59 Å². The van der Waals surface area contributed by atoms with Crippen LogP contribution in [0, 0.1) is 17.8 Å². The van der Waals surface area contributed by atoms with Crippen molar-refractivity contribution in [1.82, 2.24) is 10.3 Å². The van der Waals surface area contributed by atoms with E-state index < -0.39 is 11.9 Å². The molecule has 0 spiro atoms. The standard InChI is InChI=1S/C23H21N3O3/c1-16(2)21(26-22(27)20-10-6-14-29-20)23(28)25-19-9-5-7-17(15-19)11-12-18-8-3-4-13-24-18/h3-10,13-16,21H,1-2H3,(H,25,28)(H,26,27). The van der Waals surface area contributed by atoms with Crippen molar-refractivity contribution >= 4 is 17.5 Å². The van der Waals surface area contributed by atoms with Crippen LogP contribution >= 0.6 is 0 Å². The number of hydrogen-bond acceptors (Lipinski definition) is 4. The van der Waals surface area contributed by atoms with Gasteiger partial charge in [-0.1, -0.05) is 31.9 Å². The van der Waals surface area contributed by atoms with Crippen LogP contribution < -0.4 is 10.6 Å². The fourth-order valence-corrected chi connectivity index (χ4v) is 2.62. The van der Waals surface area contributed by atoms with E-state index in [2.05, 4.69) is 27.5 Å². The van der Waals surface area contributed by atoms with Gasteiger partial charge in [0.2, 0.25) is 5.91 Å². The van der Waals surface area contributed by atoms with E-state index in [4.69, 9.17) is 4.42 Å². The highest BCUT2D eigenvalue weighted by Gasteiger charge is 2.25. The molecule has 2 amide bonds. The third-order valence-corrected chi connectivity index (χ3v) is 4.11. The summed E-state index contributed by atoms with van der Waals surface area (Å²) in [5.74, 6) is 5.32. The molecule has 6 heteroatoms. The predicted molar refractivity (Wildman–Crippen MR) is 110 cm³/mol. The molecule has 1 atom stereocenters. The van der Waals surface area contributed by atoms with Gasteiger partial charge in [-0.15, -0.1) is 0 Å². The Balaban J connectivity index is 1.70. The fraction of sp³-hybridized carbons (Fsp3) is 0.174. The number of carbonyl (C=O) groups is 2. The van der Waals surface area contributed by atoms with E-state index in [0.717, 1.165) is 5.56 Å². The molecule has 0 aliphatic carbocycles. The Morgan fingerprint density at radius 2 is 1.90 bits per heavy atom. The second kappa shape index (κ2) is 9.38. The molecule has 3 rings (SSSR count). The van der Waals surface area contributed by atoms with Crippen molar-refractivity contribution in [3.8, 4) is 11.8 Å². The van der Waals surface area contributed by atoms with E-state index in [1.54, 1.807) is 30.5 Å². The number of anilines is 1. The van der Waals surface area contributed by atoms with Crippen molar-refractivity contribution in [2.24, 2.45) is 5.92 Å². The third kappa shape index (κ3) is 5.56. The van der Waals surface area contributed by atoms with Crippen LogP contribution in [-0.2, 0) is 4.79 Å². The Labute approximate surface area is 169 Å². The van der Waals surface area contributed by atoms with Crippen LogP contribution in [0.1, 0.15) is 35.7 Å². The summed E-state index contributed by atoms with van der Waals surface area (Å²) < 4.78 is 5.09. The lowest BCUT2D eigenvalue weighted by Crippen LogP contribution is -2.47. The highest BCUT2D eigenvalue weighted by molar-refractivity contribution is 6.00. The topological polar surface area (TPSA) is 84.2 Å². The van der Waals surface area contributed by atoms with Gasteiger partial charge in [-0.2, -0.15) is 0 Å². The summed E-state index contributed by atoms with van der Waals surface area (Å²) >= 11 is 0. The zero-order chi connectivity index (χ0) is 20.6. The number of rotatable bonds is 5. The fourth-order valence-electron chi connectivity index (χ4n) is 2.62. The first-order valence-corrected chi connectivity index (χ1v) is 9.21. The van der Waals surface area contributed by atoms with Gasteiger partial charge in [-0.25, -0.2) is 4.98 Å². The van der Waals surface area contributed by atoms with E-state index >= 15 is 0 Å². The molecular formula is C23H21N3O3. The van der Waals surface area contributed by atoms with E-state index in [1.165, 1.54) is 6.26 Å². The molecule has 0 bridgehead atoms. The monoisotopic (exact) mass is 387 g/mol. The van der Waals surface area contributed by atoms with Gasteiger partial charge in [0.1, 0.15) is 11.7 Å². The average Bonchev–Trinajstić information content (AvgIpc) is 3.26. The number of amides is 2. The number of hydrogen-bond donors (Lipinski definition) is 2. The first-order valence-electron chi connectivity index (χ1n) is 9.21. The number of carbonyl (C=O) groups excluding carboxylic acids is 2. The maximum absolute atomic E-state index is 12.7. The molecular weight excluding hydrogens is 366 g/mol.